The number of carbonyl (C=O) groups is 1. The van der Waals surface area contributed by atoms with Gasteiger partial charge in [0.2, 0.25) is 10.0 Å². The second-order valence-corrected chi connectivity index (χ2v) is 6.29. The summed E-state index contributed by atoms with van der Waals surface area (Å²) < 4.78 is 31.2. The third kappa shape index (κ3) is 3.49. The van der Waals surface area contributed by atoms with Gasteiger partial charge in [-0.1, -0.05) is 0 Å². The number of amides is 1. The van der Waals surface area contributed by atoms with E-state index in [1.54, 1.807) is 12.1 Å². The Hall–Kier alpha value is -1.15. The molecule has 1 aromatic carbocycles. The molecule has 1 N–H and O–H groups in total. The Morgan fingerprint density at radius 3 is 2.20 bits per heavy atom. The van der Waals surface area contributed by atoms with E-state index >= 15 is 0 Å². The van der Waals surface area contributed by atoms with Gasteiger partial charge >= 0.3 is 0 Å². The maximum atomic E-state index is 12.4. The fraction of sp³-hybridized carbons (Fsp3) is 0.417. The van der Waals surface area contributed by atoms with Gasteiger partial charge in [-0.2, -0.15) is 4.31 Å². The third-order valence-corrected chi connectivity index (χ3v) is 5.14. The van der Waals surface area contributed by atoms with E-state index in [-0.39, 0.29) is 17.3 Å². The van der Waals surface area contributed by atoms with Crippen LogP contribution >= 0.6 is 0 Å². The lowest BCUT2D eigenvalue weighted by Crippen LogP contribution is -3.14. The summed E-state index contributed by atoms with van der Waals surface area (Å²) in [4.78, 5) is 11.7. The van der Waals surface area contributed by atoms with Gasteiger partial charge in [-0.05, 0) is 24.3 Å². The molecule has 0 aromatic heterocycles. The van der Waals surface area contributed by atoms with Crippen LogP contribution in [0.1, 0.15) is 0 Å². The molecule has 1 heterocycles. The number of ether oxygens (including phenoxy) is 1. The molecule has 0 aliphatic carbocycles. The molecule has 2 rings (SSSR count). The summed E-state index contributed by atoms with van der Waals surface area (Å²) >= 11 is 0. The van der Waals surface area contributed by atoms with Crippen molar-refractivity contribution in [3.63, 3.8) is 0 Å². The van der Waals surface area contributed by atoms with Gasteiger partial charge in [-0.15, -0.1) is 0 Å². The molecule has 20 heavy (non-hydrogen) atoms. The highest BCUT2D eigenvalue weighted by Gasteiger charge is 2.30. The van der Waals surface area contributed by atoms with Gasteiger partial charge in [0.25, 0.3) is 6.41 Å². The van der Waals surface area contributed by atoms with Crippen molar-refractivity contribution in [2.24, 2.45) is 0 Å². The van der Waals surface area contributed by atoms with Crippen LogP contribution in [0.4, 0.5) is 0 Å². The van der Waals surface area contributed by atoms with Crippen molar-refractivity contribution in [1.82, 2.24) is 4.31 Å². The first kappa shape index (κ1) is 16.9. The van der Waals surface area contributed by atoms with Crippen LogP contribution in [0.25, 0.3) is 0 Å². The van der Waals surface area contributed by atoms with Crippen molar-refractivity contribution in [3.8, 4) is 5.75 Å². The number of nitrogens with zero attached hydrogens (tertiary/aromatic N) is 1. The summed E-state index contributed by atoms with van der Waals surface area (Å²) in [5.41, 5.74) is 0. The molecule has 1 aliphatic rings. The maximum absolute atomic E-state index is 12.4. The van der Waals surface area contributed by atoms with E-state index in [9.17, 15) is 13.2 Å². The van der Waals surface area contributed by atoms with Crippen LogP contribution in [0.3, 0.4) is 0 Å². The molecule has 0 spiro atoms. The number of hydrogen-bond donors (Lipinski definition) is 1. The summed E-state index contributed by atoms with van der Waals surface area (Å²) in [6.07, 6.45) is 0.831. The van der Waals surface area contributed by atoms with Crippen molar-refractivity contribution in [1.29, 1.82) is 0 Å². The number of quaternary nitrogens is 1. The molecule has 0 saturated carbocycles. The van der Waals surface area contributed by atoms with Crippen molar-refractivity contribution >= 4 is 16.4 Å². The first-order valence-corrected chi connectivity index (χ1v) is 7.46. The fourth-order valence-electron chi connectivity index (χ4n) is 2.03. The van der Waals surface area contributed by atoms with E-state index in [0.29, 0.717) is 31.9 Å². The topological polar surface area (TPSA) is 68.1 Å². The second-order valence-electron chi connectivity index (χ2n) is 4.36. The Morgan fingerprint density at radius 1 is 1.20 bits per heavy atom. The van der Waals surface area contributed by atoms with Crippen LogP contribution in [0.15, 0.2) is 29.2 Å². The largest absolute Gasteiger partial charge is 1.00 e. The minimum atomic E-state index is -3.47. The lowest BCUT2D eigenvalue weighted by molar-refractivity contribution is -0.815. The van der Waals surface area contributed by atoms with Gasteiger partial charge in [0, 0.05) is 0 Å². The average Bonchev–Trinajstić information content (AvgIpc) is 2.47. The van der Waals surface area contributed by atoms with Crippen LogP contribution in [-0.2, 0) is 14.8 Å². The predicted molar refractivity (Wildman–Crippen MR) is 68.5 cm³/mol. The van der Waals surface area contributed by atoms with Crippen LogP contribution in [0, 0.1) is 0 Å². The quantitative estimate of drug-likeness (QED) is 0.571. The molecule has 1 aromatic rings. The number of sulfonamides is 1. The second kappa shape index (κ2) is 7.03. The van der Waals surface area contributed by atoms with Gasteiger partial charge in [0.15, 0.2) is 0 Å². The van der Waals surface area contributed by atoms with Crippen LogP contribution in [0.2, 0.25) is 0 Å². The Morgan fingerprint density at radius 2 is 1.75 bits per heavy atom. The standard InChI is InChI=1S/C12H16N2O4S.ClH/c1-18-11-2-4-12(5-3-11)19(16,17)14-8-6-13(10-15)7-9-14;/h2-5,10H,6-9H2,1H3;1H. The van der Waals surface area contributed by atoms with E-state index in [0.717, 1.165) is 11.3 Å². The molecule has 0 bridgehead atoms. The fourth-order valence-corrected chi connectivity index (χ4v) is 3.47. The zero-order valence-corrected chi connectivity index (χ0v) is 12.7. The molecule has 0 unspecified atom stereocenters. The van der Waals surface area contributed by atoms with Crippen molar-refractivity contribution in [3.05, 3.63) is 24.3 Å². The summed E-state index contributed by atoms with van der Waals surface area (Å²) in [7, 11) is -1.94. The highest BCUT2D eigenvalue weighted by atomic mass is 35.5. The van der Waals surface area contributed by atoms with Crippen molar-refractivity contribution in [2.45, 2.75) is 4.90 Å². The Kier molecular flexibility index (Phi) is 5.94. The number of rotatable bonds is 4. The number of nitrogens with one attached hydrogen (secondary N) is 1. The molecular formula is C12H17ClN2O4S. The number of carbonyl (C=O) groups excluding carboxylic acids is 1. The van der Waals surface area contributed by atoms with E-state index in [1.807, 2.05) is 0 Å². The first-order chi connectivity index (χ1) is 9.07. The van der Waals surface area contributed by atoms with Gasteiger partial charge in [0.1, 0.15) is 5.75 Å². The Balaban J connectivity index is 0.00000200. The molecular weight excluding hydrogens is 304 g/mol. The SMILES string of the molecule is COc1ccc(S(=O)(=O)N2CC[NH+](C=O)CC2)cc1.[Cl-]. The molecule has 6 nitrogen and oxygen atoms in total. The normalized spacial score (nSPS) is 17.2. The Bertz CT molecular complexity index is 539. The van der Waals surface area contributed by atoms with Gasteiger partial charge in [-0.3, -0.25) is 4.90 Å². The molecule has 0 radical (unpaired) electrons. The highest BCUT2D eigenvalue weighted by molar-refractivity contribution is 7.89. The van der Waals surface area contributed by atoms with E-state index in [4.69, 9.17) is 4.74 Å². The minimum absolute atomic E-state index is 0. The molecule has 1 saturated heterocycles. The summed E-state index contributed by atoms with van der Waals surface area (Å²) in [5, 5.41) is 0. The summed E-state index contributed by atoms with van der Waals surface area (Å²) in [6.45, 7) is 1.75. The molecule has 112 valence electrons. The average molecular weight is 321 g/mol. The molecule has 1 amide bonds. The first-order valence-electron chi connectivity index (χ1n) is 6.02. The number of benzene rings is 1. The van der Waals surface area contributed by atoms with Crippen molar-refractivity contribution in [2.75, 3.05) is 33.3 Å². The lowest BCUT2D eigenvalue weighted by atomic mass is 10.3. The van der Waals surface area contributed by atoms with Crippen LogP contribution in [0.5, 0.6) is 5.75 Å². The number of halogens is 1. The Labute approximate surface area is 124 Å². The zero-order valence-electron chi connectivity index (χ0n) is 11.1. The van der Waals surface area contributed by atoms with E-state index in [1.165, 1.54) is 23.5 Å². The number of methoxy groups -OCH3 is 1. The molecule has 0 atom stereocenters. The maximum Gasteiger partial charge on any atom is 0.299 e. The van der Waals surface area contributed by atoms with Crippen LogP contribution < -0.4 is 22.0 Å². The summed E-state index contributed by atoms with van der Waals surface area (Å²) in [6, 6.07) is 6.32. The molecule has 1 fully saturated rings. The third-order valence-electron chi connectivity index (χ3n) is 3.23. The zero-order chi connectivity index (χ0) is 13.9. The van der Waals surface area contributed by atoms with Crippen LogP contribution in [-0.4, -0.2) is 52.4 Å². The lowest BCUT2D eigenvalue weighted by Gasteiger charge is -2.28. The summed E-state index contributed by atoms with van der Waals surface area (Å²) in [5.74, 6) is 0.620. The number of piperazine rings is 1. The van der Waals surface area contributed by atoms with Gasteiger partial charge < -0.3 is 17.1 Å². The monoisotopic (exact) mass is 320 g/mol. The molecule has 8 heteroatoms. The van der Waals surface area contributed by atoms with Crippen molar-refractivity contribution < 1.29 is 35.3 Å². The van der Waals surface area contributed by atoms with E-state index in [2.05, 4.69) is 0 Å². The highest BCUT2D eigenvalue weighted by Crippen LogP contribution is 2.19. The minimum Gasteiger partial charge on any atom is -1.00 e. The predicted octanol–water partition coefficient (Wildman–Crippen LogP) is -4.26. The molecule has 1 aliphatic heterocycles. The number of hydrogen-bond acceptors (Lipinski definition) is 4. The van der Waals surface area contributed by atoms with Gasteiger partial charge in [-0.25, -0.2) is 13.2 Å². The van der Waals surface area contributed by atoms with Gasteiger partial charge in [0.05, 0.1) is 38.2 Å². The smallest absolute Gasteiger partial charge is 0.299 e. The van der Waals surface area contributed by atoms with E-state index < -0.39 is 10.0 Å².